The smallest absolute Gasteiger partial charge is 0.255 e. The Morgan fingerprint density at radius 1 is 0.887 bits per heavy atom. The summed E-state index contributed by atoms with van der Waals surface area (Å²) >= 11 is 6.54. The zero-order valence-corrected chi connectivity index (χ0v) is 36.9. The zero-order chi connectivity index (χ0) is 43.8. The van der Waals surface area contributed by atoms with E-state index in [0.29, 0.717) is 98.7 Å². The Kier molecular flexibility index (Phi) is 14.6. The molecular formula is C45H52ClN6O9P. The minimum Gasteiger partial charge on any atom is -0.496 e. The number of piperazine rings is 1. The topological polar surface area (TPSA) is 170 Å². The molecule has 4 amide bonds. The van der Waals surface area contributed by atoms with Gasteiger partial charge in [-0.25, -0.2) is 9.97 Å². The number of anilines is 1. The lowest BCUT2D eigenvalue weighted by molar-refractivity contribution is -0.137. The first-order valence-electron chi connectivity index (χ1n) is 20.8. The summed E-state index contributed by atoms with van der Waals surface area (Å²) in [7, 11) is -0.848. The number of halogens is 1. The molecule has 1 atom stereocenters. The average Bonchev–Trinajstić information content (AvgIpc) is 3.60. The van der Waals surface area contributed by atoms with Crippen LogP contribution in [0.3, 0.4) is 0 Å². The number of imide groups is 1. The van der Waals surface area contributed by atoms with Crippen LogP contribution in [0.15, 0.2) is 66.9 Å². The molecule has 0 aliphatic carbocycles. The number of hydrogen-bond donors (Lipinski definition) is 1. The van der Waals surface area contributed by atoms with Crippen LogP contribution in [-0.4, -0.2) is 129 Å². The highest BCUT2D eigenvalue weighted by Crippen LogP contribution is 2.37. The summed E-state index contributed by atoms with van der Waals surface area (Å²) in [6.07, 6.45) is 3.27. The van der Waals surface area contributed by atoms with Crippen LogP contribution in [0.5, 0.6) is 11.5 Å². The number of amides is 4. The molecule has 2 saturated heterocycles. The number of methoxy groups -OCH3 is 1. The maximum Gasteiger partial charge on any atom is 0.255 e. The second-order valence-corrected chi connectivity index (χ2v) is 19.4. The van der Waals surface area contributed by atoms with E-state index in [9.17, 15) is 23.7 Å². The Hall–Kier alpha value is -5.34. The van der Waals surface area contributed by atoms with E-state index in [-0.39, 0.29) is 50.3 Å². The molecular weight excluding hydrogens is 835 g/mol. The molecule has 15 nitrogen and oxygen atoms in total. The number of aromatic nitrogens is 2. The summed E-state index contributed by atoms with van der Waals surface area (Å²) in [5.41, 5.74) is 4.75. The van der Waals surface area contributed by atoms with Gasteiger partial charge in [-0.05, 0) is 43.5 Å². The van der Waals surface area contributed by atoms with Gasteiger partial charge >= 0.3 is 0 Å². The van der Waals surface area contributed by atoms with Crippen molar-refractivity contribution >= 4 is 53.4 Å². The van der Waals surface area contributed by atoms with E-state index in [2.05, 4.69) is 21.3 Å². The predicted octanol–water partition coefficient (Wildman–Crippen LogP) is 4.48. The number of nitrogens with zero attached hydrogens (tertiary/aromatic N) is 5. The van der Waals surface area contributed by atoms with Crippen LogP contribution in [0.1, 0.15) is 57.8 Å². The van der Waals surface area contributed by atoms with Gasteiger partial charge < -0.3 is 38.2 Å². The van der Waals surface area contributed by atoms with Gasteiger partial charge in [-0.3, -0.25) is 24.5 Å². The van der Waals surface area contributed by atoms with Gasteiger partial charge in [-0.15, -0.1) is 0 Å². The molecule has 17 heteroatoms. The fourth-order valence-corrected chi connectivity index (χ4v) is 9.47. The lowest BCUT2D eigenvalue weighted by Gasteiger charge is -2.36. The van der Waals surface area contributed by atoms with Crippen molar-refractivity contribution in [2.24, 2.45) is 0 Å². The van der Waals surface area contributed by atoms with Crippen molar-refractivity contribution in [3.8, 4) is 11.5 Å². The Labute approximate surface area is 366 Å². The number of carbonyl (C=O) groups is 4. The van der Waals surface area contributed by atoms with Crippen molar-refractivity contribution in [3.05, 3.63) is 106 Å². The summed E-state index contributed by atoms with van der Waals surface area (Å²) in [5.74, 6) is 0.890. The SMILES string of the molecule is COc1cc(N2CCN(C(=O)CCOCCOCCOc3cccc4c3CN(C3CCC(=O)NC3=O)C4=O)CC2)ccc1Cc1ncc(Cl)c(Cc2ccccc2P(C)(C)=O)n1. The summed E-state index contributed by atoms with van der Waals surface area (Å²) < 4.78 is 36.0. The highest BCUT2D eigenvalue weighted by molar-refractivity contribution is 7.70. The van der Waals surface area contributed by atoms with Crippen LogP contribution in [0.2, 0.25) is 5.02 Å². The van der Waals surface area contributed by atoms with E-state index in [1.807, 2.05) is 41.3 Å². The molecule has 7 rings (SSSR count). The largest absolute Gasteiger partial charge is 0.496 e. The Morgan fingerprint density at radius 3 is 2.40 bits per heavy atom. The zero-order valence-electron chi connectivity index (χ0n) is 35.3. The first-order chi connectivity index (χ1) is 29.9. The van der Waals surface area contributed by atoms with Gasteiger partial charge in [0, 0.05) is 85.4 Å². The van der Waals surface area contributed by atoms with Crippen LogP contribution in [-0.2, 0) is 47.8 Å². The number of nitrogens with one attached hydrogen (secondary N) is 1. The van der Waals surface area contributed by atoms with E-state index < -0.39 is 19.1 Å². The van der Waals surface area contributed by atoms with Crippen LogP contribution in [0.25, 0.3) is 0 Å². The first-order valence-corrected chi connectivity index (χ1v) is 23.8. The molecule has 328 valence electrons. The van der Waals surface area contributed by atoms with Crippen LogP contribution in [0.4, 0.5) is 5.69 Å². The number of benzene rings is 3. The lowest BCUT2D eigenvalue weighted by Crippen LogP contribution is -2.52. The van der Waals surface area contributed by atoms with Gasteiger partial charge in [0.15, 0.2) is 0 Å². The first kappa shape index (κ1) is 44.7. The molecule has 0 spiro atoms. The van der Waals surface area contributed by atoms with Gasteiger partial charge in [0.25, 0.3) is 5.91 Å². The lowest BCUT2D eigenvalue weighted by atomic mass is 10.0. The van der Waals surface area contributed by atoms with Crippen molar-refractivity contribution in [2.45, 2.75) is 44.7 Å². The molecule has 0 radical (unpaired) electrons. The van der Waals surface area contributed by atoms with Crippen molar-refractivity contribution in [1.29, 1.82) is 0 Å². The third-order valence-corrected chi connectivity index (χ3v) is 13.2. The number of piperidine rings is 1. The highest BCUT2D eigenvalue weighted by Gasteiger charge is 2.40. The van der Waals surface area contributed by atoms with Gasteiger partial charge in [-0.1, -0.05) is 48.0 Å². The quantitative estimate of drug-likeness (QED) is 0.0847. The fourth-order valence-electron chi connectivity index (χ4n) is 8.02. The average molecular weight is 887 g/mol. The Morgan fingerprint density at radius 2 is 1.65 bits per heavy atom. The minimum atomic E-state index is -2.49. The van der Waals surface area contributed by atoms with Crippen molar-refractivity contribution < 1.29 is 42.7 Å². The number of hydrogen-bond acceptors (Lipinski definition) is 12. The second-order valence-electron chi connectivity index (χ2n) is 15.8. The molecule has 0 saturated carbocycles. The maximum atomic E-state index is 13.0. The minimum absolute atomic E-state index is 0.0427. The van der Waals surface area contributed by atoms with E-state index in [1.165, 1.54) is 4.90 Å². The molecule has 4 aromatic rings. The third kappa shape index (κ3) is 10.8. The van der Waals surface area contributed by atoms with Crippen molar-refractivity contribution in [1.82, 2.24) is 25.1 Å². The Bertz CT molecular complexity index is 2350. The van der Waals surface area contributed by atoms with Gasteiger partial charge in [0.1, 0.15) is 37.1 Å². The van der Waals surface area contributed by atoms with E-state index >= 15 is 0 Å². The number of rotatable bonds is 18. The summed E-state index contributed by atoms with van der Waals surface area (Å²) in [6, 6.07) is 18.3. The molecule has 2 fully saturated rings. The molecule has 4 heterocycles. The van der Waals surface area contributed by atoms with Crippen LogP contribution < -0.4 is 25.0 Å². The van der Waals surface area contributed by atoms with Gasteiger partial charge in [-0.2, -0.15) is 0 Å². The molecule has 1 unspecified atom stereocenters. The van der Waals surface area contributed by atoms with Crippen molar-refractivity contribution in [2.75, 3.05) is 84.6 Å². The Balaban J connectivity index is 0.797. The maximum absolute atomic E-state index is 13.0. The molecule has 0 bridgehead atoms. The number of fused-ring (bicyclic) bond motifs is 1. The third-order valence-electron chi connectivity index (χ3n) is 11.3. The monoisotopic (exact) mass is 886 g/mol. The van der Waals surface area contributed by atoms with E-state index in [4.69, 9.17) is 35.5 Å². The highest BCUT2D eigenvalue weighted by atomic mass is 35.5. The molecule has 3 aliphatic rings. The second kappa shape index (κ2) is 20.2. The number of carbonyl (C=O) groups excluding carboxylic acids is 4. The van der Waals surface area contributed by atoms with E-state index in [1.54, 1.807) is 44.8 Å². The standard InChI is InChI=1S/C45H52ClN6O9P/c1-58-39-27-32(12-11-30(39)26-41-47-28-35(46)36(48-41)25-31-7-4-5-10-40(31)62(2,3)57)50-16-18-51(19-17-50)43(54)15-20-59-21-22-60-23-24-61-38-9-6-8-33-34(38)29-52(45(33)56)37-13-14-42(53)49-44(37)55/h4-12,27-28,37H,13-26,29H2,1-3H3,(H,49,53,55). The molecule has 1 N–H and O–H groups in total. The van der Waals surface area contributed by atoms with Gasteiger partial charge in [0.05, 0.1) is 57.2 Å². The van der Waals surface area contributed by atoms with Crippen LogP contribution >= 0.6 is 18.7 Å². The molecule has 3 aromatic carbocycles. The van der Waals surface area contributed by atoms with Crippen molar-refractivity contribution in [3.63, 3.8) is 0 Å². The fraction of sp³-hybridized carbons (Fsp3) is 0.422. The summed E-state index contributed by atoms with van der Waals surface area (Å²) in [5, 5.41) is 3.60. The molecule has 62 heavy (non-hydrogen) atoms. The number of ether oxygens (including phenoxy) is 4. The van der Waals surface area contributed by atoms with E-state index in [0.717, 1.165) is 27.9 Å². The summed E-state index contributed by atoms with van der Waals surface area (Å²) in [6.45, 7) is 7.81. The summed E-state index contributed by atoms with van der Waals surface area (Å²) in [4.78, 5) is 64.9. The molecule has 3 aliphatic heterocycles. The van der Waals surface area contributed by atoms with Crippen LogP contribution in [0, 0.1) is 0 Å². The molecule has 1 aromatic heterocycles. The predicted molar refractivity (Wildman–Crippen MR) is 234 cm³/mol. The normalized spacial score (nSPS) is 16.7. The van der Waals surface area contributed by atoms with Gasteiger partial charge in [0.2, 0.25) is 17.7 Å².